The number of anilines is 1. The van der Waals surface area contributed by atoms with Crippen LogP contribution in [0.1, 0.15) is 44.0 Å². The summed E-state index contributed by atoms with van der Waals surface area (Å²) in [5, 5.41) is 0. The first-order chi connectivity index (χ1) is 11.1. The molecule has 1 heterocycles. The number of amides is 1. The largest absolute Gasteiger partial charge is 0.490 e. The van der Waals surface area contributed by atoms with Crippen LogP contribution in [-0.4, -0.2) is 49.4 Å². The molecule has 0 spiro atoms. The van der Waals surface area contributed by atoms with Crippen LogP contribution < -0.4 is 9.64 Å². The zero-order valence-corrected chi connectivity index (χ0v) is 14.3. The van der Waals surface area contributed by atoms with Gasteiger partial charge < -0.3 is 14.5 Å². The van der Waals surface area contributed by atoms with Crippen LogP contribution in [0.25, 0.3) is 0 Å². The molecule has 0 bridgehead atoms. The van der Waals surface area contributed by atoms with Crippen molar-refractivity contribution in [3.05, 3.63) is 23.8 Å². The lowest BCUT2D eigenvalue weighted by Gasteiger charge is -2.33. The molecule has 0 atom stereocenters. The van der Waals surface area contributed by atoms with Gasteiger partial charge in [0.1, 0.15) is 12.4 Å². The fourth-order valence-corrected chi connectivity index (χ4v) is 2.82. The third kappa shape index (κ3) is 4.24. The molecule has 5 nitrogen and oxygen atoms in total. The van der Waals surface area contributed by atoms with Gasteiger partial charge in [0, 0.05) is 18.7 Å². The third-order valence-electron chi connectivity index (χ3n) is 3.99. The molecule has 0 radical (unpaired) electrons. The van der Waals surface area contributed by atoms with Crippen molar-refractivity contribution in [1.29, 1.82) is 0 Å². The lowest BCUT2D eigenvalue weighted by Crippen LogP contribution is -2.44. The summed E-state index contributed by atoms with van der Waals surface area (Å²) in [5.74, 6) is 0.893. The topological polar surface area (TPSA) is 49.9 Å². The van der Waals surface area contributed by atoms with Crippen LogP contribution in [0.4, 0.5) is 5.69 Å². The van der Waals surface area contributed by atoms with Gasteiger partial charge in [-0.15, -0.1) is 0 Å². The van der Waals surface area contributed by atoms with Crippen LogP contribution in [0.15, 0.2) is 18.2 Å². The zero-order chi connectivity index (χ0) is 16.8. The summed E-state index contributed by atoms with van der Waals surface area (Å²) >= 11 is 0. The van der Waals surface area contributed by atoms with E-state index < -0.39 is 0 Å². The molecule has 2 rings (SSSR count). The van der Waals surface area contributed by atoms with E-state index in [1.807, 2.05) is 21.9 Å². The van der Waals surface area contributed by atoms with Crippen molar-refractivity contribution < 1.29 is 14.3 Å². The molecule has 1 aromatic rings. The Morgan fingerprint density at radius 2 is 1.91 bits per heavy atom. The van der Waals surface area contributed by atoms with E-state index >= 15 is 0 Å². The molecule has 0 aromatic heterocycles. The van der Waals surface area contributed by atoms with Crippen molar-refractivity contribution in [2.24, 2.45) is 0 Å². The Morgan fingerprint density at radius 1 is 1.22 bits per heavy atom. The highest BCUT2D eigenvalue weighted by Crippen LogP contribution is 2.32. The summed E-state index contributed by atoms with van der Waals surface area (Å²) in [5.41, 5.74) is 1.48. The first kappa shape index (κ1) is 17.3. The van der Waals surface area contributed by atoms with E-state index in [0.29, 0.717) is 25.3 Å². The summed E-state index contributed by atoms with van der Waals surface area (Å²) in [6.45, 7) is 8.84. The lowest BCUT2D eigenvalue weighted by molar-refractivity contribution is -0.129. The van der Waals surface area contributed by atoms with Crippen molar-refractivity contribution >= 4 is 17.4 Å². The van der Waals surface area contributed by atoms with Gasteiger partial charge in [-0.2, -0.15) is 0 Å². The van der Waals surface area contributed by atoms with Crippen molar-refractivity contribution in [3.63, 3.8) is 0 Å². The smallest absolute Gasteiger partial charge is 0.242 e. The molecule has 126 valence electrons. The Morgan fingerprint density at radius 3 is 2.52 bits per heavy atom. The number of Topliss-reactive ketones (excluding diaryl/α,β-unsaturated/α-hetero) is 1. The maximum Gasteiger partial charge on any atom is 0.242 e. The second kappa shape index (κ2) is 7.99. The molecule has 0 unspecified atom stereocenters. The highest BCUT2D eigenvalue weighted by atomic mass is 16.5. The highest BCUT2D eigenvalue weighted by Gasteiger charge is 2.23. The molecule has 1 aliphatic rings. The third-order valence-corrected chi connectivity index (χ3v) is 3.99. The van der Waals surface area contributed by atoms with Gasteiger partial charge in [0.05, 0.1) is 18.8 Å². The monoisotopic (exact) mass is 318 g/mol. The molecule has 0 saturated carbocycles. The van der Waals surface area contributed by atoms with E-state index in [1.165, 1.54) is 0 Å². The molecule has 23 heavy (non-hydrogen) atoms. The van der Waals surface area contributed by atoms with E-state index in [-0.39, 0.29) is 11.7 Å². The number of ketones is 1. The average molecular weight is 318 g/mol. The Balaban J connectivity index is 2.17. The number of nitrogens with zero attached hydrogens (tertiary/aromatic N) is 2. The van der Waals surface area contributed by atoms with E-state index in [9.17, 15) is 9.59 Å². The standard InChI is InChI=1S/C18H26N2O3/c1-4-8-19(9-5-2)18(22)13-20-10-11-23-17-7-6-15(14(3)21)12-16(17)20/h6-7,12H,4-5,8-11,13H2,1-3H3. The van der Waals surface area contributed by atoms with E-state index in [2.05, 4.69) is 13.8 Å². The normalized spacial score (nSPS) is 13.3. The first-order valence-electron chi connectivity index (χ1n) is 8.37. The molecule has 0 fully saturated rings. The van der Waals surface area contributed by atoms with Crippen LogP contribution in [-0.2, 0) is 4.79 Å². The molecule has 0 N–H and O–H groups in total. The van der Waals surface area contributed by atoms with Crippen LogP contribution in [0, 0.1) is 0 Å². The van der Waals surface area contributed by atoms with Gasteiger partial charge in [0.25, 0.3) is 0 Å². The Kier molecular flexibility index (Phi) is 6.02. The second-order valence-corrected chi connectivity index (χ2v) is 5.89. The molecule has 0 saturated heterocycles. The minimum atomic E-state index is 0.0169. The number of hydrogen-bond donors (Lipinski definition) is 0. The summed E-state index contributed by atoms with van der Waals surface area (Å²) in [7, 11) is 0. The van der Waals surface area contributed by atoms with Gasteiger partial charge in [0.15, 0.2) is 5.78 Å². The fourth-order valence-electron chi connectivity index (χ4n) is 2.82. The number of ether oxygens (including phenoxy) is 1. The predicted octanol–water partition coefficient (Wildman–Crippen LogP) is 2.74. The minimum absolute atomic E-state index is 0.0169. The van der Waals surface area contributed by atoms with Crippen LogP contribution in [0.2, 0.25) is 0 Å². The molecule has 0 aliphatic carbocycles. The molecule has 1 aromatic carbocycles. The molecule has 1 aliphatic heterocycles. The summed E-state index contributed by atoms with van der Waals surface area (Å²) in [6, 6.07) is 5.42. The number of carbonyl (C=O) groups excluding carboxylic acids is 2. The quantitative estimate of drug-likeness (QED) is 0.725. The van der Waals surface area contributed by atoms with Gasteiger partial charge in [-0.25, -0.2) is 0 Å². The van der Waals surface area contributed by atoms with Crippen molar-refractivity contribution in [3.8, 4) is 5.75 Å². The molecular formula is C18H26N2O3. The Bertz CT molecular complexity index is 565. The van der Waals surface area contributed by atoms with Crippen LogP contribution in [0.5, 0.6) is 5.75 Å². The van der Waals surface area contributed by atoms with E-state index in [1.54, 1.807) is 13.0 Å². The lowest BCUT2D eigenvalue weighted by atomic mass is 10.1. The van der Waals surface area contributed by atoms with Crippen molar-refractivity contribution in [1.82, 2.24) is 4.90 Å². The van der Waals surface area contributed by atoms with E-state index in [4.69, 9.17) is 4.74 Å². The fraction of sp³-hybridized carbons (Fsp3) is 0.556. The predicted molar refractivity (Wildman–Crippen MR) is 91.3 cm³/mol. The van der Waals surface area contributed by atoms with Crippen molar-refractivity contribution in [2.75, 3.05) is 37.7 Å². The summed E-state index contributed by atoms with van der Waals surface area (Å²) < 4.78 is 5.65. The first-order valence-corrected chi connectivity index (χ1v) is 8.37. The highest BCUT2D eigenvalue weighted by molar-refractivity contribution is 5.96. The minimum Gasteiger partial charge on any atom is -0.490 e. The van der Waals surface area contributed by atoms with E-state index in [0.717, 1.165) is 37.4 Å². The van der Waals surface area contributed by atoms with Gasteiger partial charge in [-0.1, -0.05) is 13.8 Å². The number of benzene rings is 1. The Hall–Kier alpha value is -2.04. The molecule has 1 amide bonds. The van der Waals surface area contributed by atoms with Gasteiger partial charge in [-0.3, -0.25) is 9.59 Å². The summed E-state index contributed by atoms with van der Waals surface area (Å²) in [4.78, 5) is 28.1. The van der Waals surface area contributed by atoms with Gasteiger partial charge >= 0.3 is 0 Å². The van der Waals surface area contributed by atoms with Gasteiger partial charge in [0.2, 0.25) is 5.91 Å². The number of rotatable bonds is 7. The second-order valence-electron chi connectivity index (χ2n) is 5.89. The van der Waals surface area contributed by atoms with Crippen LogP contribution >= 0.6 is 0 Å². The number of hydrogen-bond acceptors (Lipinski definition) is 4. The number of fused-ring (bicyclic) bond motifs is 1. The maximum atomic E-state index is 12.6. The molecule has 5 heteroatoms. The average Bonchev–Trinajstić information content (AvgIpc) is 2.54. The maximum absolute atomic E-state index is 12.6. The van der Waals surface area contributed by atoms with Crippen LogP contribution in [0.3, 0.4) is 0 Å². The van der Waals surface area contributed by atoms with Crippen molar-refractivity contribution in [2.45, 2.75) is 33.6 Å². The van der Waals surface area contributed by atoms with Gasteiger partial charge in [-0.05, 0) is 38.0 Å². The number of carbonyl (C=O) groups is 2. The Labute approximate surface area is 138 Å². The SMILES string of the molecule is CCCN(CCC)C(=O)CN1CCOc2ccc(C(C)=O)cc21. The molecular weight excluding hydrogens is 292 g/mol. The zero-order valence-electron chi connectivity index (χ0n) is 14.3. The summed E-state index contributed by atoms with van der Waals surface area (Å²) in [6.07, 6.45) is 1.92.